The van der Waals surface area contributed by atoms with Crippen LogP contribution in [0.5, 0.6) is 0 Å². The maximum atomic E-state index is 12.9. The molecular weight excluding hydrogens is 257 g/mol. The fourth-order valence-corrected chi connectivity index (χ4v) is 3.27. The molecule has 1 aromatic carbocycles. The summed E-state index contributed by atoms with van der Waals surface area (Å²) in [6, 6.07) is 6.80. The molecule has 1 spiro atoms. The van der Waals surface area contributed by atoms with E-state index in [2.05, 4.69) is 4.90 Å². The Morgan fingerprint density at radius 3 is 2.60 bits per heavy atom. The Bertz CT molecular complexity index is 440. The third-order valence-electron chi connectivity index (χ3n) is 4.60. The topological polar surface area (TPSA) is 21.7 Å². The summed E-state index contributed by atoms with van der Waals surface area (Å²) in [5.41, 5.74) is 1.21. The van der Waals surface area contributed by atoms with Crippen molar-refractivity contribution in [2.45, 2.75) is 37.5 Å². The molecule has 4 heteroatoms. The first-order valence-corrected chi connectivity index (χ1v) is 7.33. The Balaban J connectivity index is 1.52. The standard InChI is InChI=1S/C16H22FNO2/c1-19-15-10-16(20-12-15)6-8-18(9-7-16)11-13-2-4-14(17)5-3-13/h2-5,15H,6-12H2,1H3. The number of benzene rings is 1. The lowest BCUT2D eigenvalue weighted by Gasteiger charge is -2.38. The van der Waals surface area contributed by atoms with Crippen LogP contribution < -0.4 is 0 Å². The largest absolute Gasteiger partial charge is 0.379 e. The Kier molecular flexibility index (Phi) is 4.06. The quantitative estimate of drug-likeness (QED) is 0.849. The van der Waals surface area contributed by atoms with Crippen LogP contribution in [-0.2, 0) is 16.0 Å². The number of ether oxygens (including phenoxy) is 2. The molecular formula is C16H22FNO2. The van der Waals surface area contributed by atoms with Gasteiger partial charge < -0.3 is 9.47 Å². The maximum absolute atomic E-state index is 12.9. The lowest BCUT2D eigenvalue weighted by molar-refractivity contribution is -0.0460. The number of rotatable bonds is 3. The highest BCUT2D eigenvalue weighted by Gasteiger charge is 2.42. The molecule has 0 aromatic heterocycles. The number of hydrogen-bond donors (Lipinski definition) is 0. The van der Waals surface area contributed by atoms with E-state index in [4.69, 9.17) is 9.47 Å². The molecule has 3 nitrogen and oxygen atoms in total. The van der Waals surface area contributed by atoms with Crippen molar-refractivity contribution in [3.8, 4) is 0 Å². The van der Waals surface area contributed by atoms with E-state index >= 15 is 0 Å². The van der Waals surface area contributed by atoms with Crippen LogP contribution in [0.3, 0.4) is 0 Å². The van der Waals surface area contributed by atoms with Crippen LogP contribution in [0.2, 0.25) is 0 Å². The normalized spacial score (nSPS) is 26.2. The second-order valence-electron chi connectivity index (χ2n) is 5.96. The number of nitrogens with zero attached hydrogens (tertiary/aromatic N) is 1. The minimum Gasteiger partial charge on any atom is -0.379 e. The summed E-state index contributed by atoms with van der Waals surface area (Å²) in [4.78, 5) is 2.42. The van der Waals surface area contributed by atoms with Gasteiger partial charge in [-0.1, -0.05) is 12.1 Å². The highest BCUT2D eigenvalue weighted by molar-refractivity contribution is 5.16. The van der Waals surface area contributed by atoms with Crippen molar-refractivity contribution in [2.75, 3.05) is 26.8 Å². The Morgan fingerprint density at radius 1 is 1.30 bits per heavy atom. The molecule has 1 unspecified atom stereocenters. The summed E-state index contributed by atoms with van der Waals surface area (Å²) >= 11 is 0. The van der Waals surface area contributed by atoms with Crippen LogP contribution in [0, 0.1) is 5.82 Å². The Morgan fingerprint density at radius 2 is 2.00 bits per heavy atom. The zero-order valence-electron chi connectivity index (χ0n) is 12.0. The van der Waals surface area contributed by atoms with Gasteiger partial charge in [0.05, 0.1) is 18.3 Å². The minimum absolute atomic E-state index is 0.0416. The predicted molar refractivity (Wildman–Crippen MR) is 75.0 cm³/mol. The smallest absolute Gasteiger partial charge is 0.123 e. The van der Waals surface area contributed by atoms with Gasteiger partial charge in [-0.05, 0) is 30.5 Å². The Hall–Kier alpha value is -0.970. The molecule has 2 aliphatic heterocycles. The van der Waals surface area contributed by atoms with Crippen molar-refractivity contribution >= 4 is 0 Å². The summed E-state index contributed by atoms with van der Waals surface area (Å²) < 4.78 is 24.3. The fourth-order valence-electron chi connectivity index (χ4n) is 3.27. The number of halogens is 1. The van der Waals surface area contributed by atoms with Crippen LogP contribution in [0.4, 0.5) is 4.39 Å². The predicted octanol–water partition coefficient (Wildman–Crippen LogP) is 2.60. The molecule has 1 atom stereocenters. The maximum Gasteiger partial charge on any atom is 0.123 e. The minimum atomic E-state index is -0.170. The van der Waals surface area contributed by atoms with Gasteiger partial charge in [0.2, 0.25) is 0 Å². The number of likely N-dealkylation sites (tertiary alicyclic amines) is 1. The first kappa shape index (κ1) is 14.0. The number of hydrogen-bond acceptors (Lipinski definition) is 3. The highest BCUT2D eigenvalue weighted by atomic mass is 19.1. The SMILES string of the molecule is COC1COC2(CCN(Cc3ccc(F)cc3)CC2)C1. The molecule has 3 rings (SSSR count). The van der Waals surface area contributed by atoms with E-state index < -0.39 is 0 Å². The van der Waals surface area contributed by atoms with Crippen molar-refractivity contribution in [3.63, 3.8) is 0 Å². The third kappa shape index (κ3) is 3.03. The molecule has 2 heterocycles. The van der Waals surface area contributed by atoms with Gasteiger partial charge in [-0.2, -0.15) is 0 Å². The highest BCUT2D eigenvalue weighted by Crippen LogP contribution is 2.37. The molecule has 0 amide bonds. The van der Waals surface area contributed by atoms with E-state index in [1.165, 1.54) is 17.7 Å². The molecule has 1 aromatic rings. The van der Waals surface area contributed by atoms with Gasteiger partial charge in [0.15, 0.2) is 0 Å². The molecule has 0 aliphatic carbocycles. The molecule has 2 saturated heterocycles. The van der Waals surface area contributed by atoms with Gasteiger partial charge in [0.25, 0.3) is 0 Å². The summed E-state index contributed by atoms with van der Waals surface area (Å²) in [6.07, 6.45) is 3.41. The van der Waals surface area contributed by atoms with Crippen LogP contribution in [0.25, 0.3) is 0 Å². The van der Waals surface area contributed by atoms with E-state index in [9.17, 15) is 4.39 Å². The van der Waals surface area contributed by atoms with E-state index in [-0.39, 0.29) is 17.5 Å². The first-order valence-electron chi connectivity index (χ1n) is 7.33. The van der Waals surface area contributed by atoms with E-state index in [1.54, 1.807) is 7.11 Å². The monoisotopic (exact) mass is 279 g/mol. The number of methoxy groups -OCH3 is 1. The van der Waals surface area contributed by atoms with Crippen molar-refractivity contribution in [2.24, 2.45) is 0 Å². The summed E-state index contributed by atoms with van der Waals surface area (Å²) in [5.74, 6) is -0.170. The third-order valence-corrected chi connectivity index (χ3v) is 4.60. The van der Waals surface area contributed by atoms with Crippen molar-refractivity contribution < 1.29 is 13.9 Å². The van der Waals surface area contributed by atoms with Crippen LogP contribution in [0.15, 0.2) is 24.3 Å². The zero-order chi connectivity index (χ0) is 14.0. The molecule has 20 heavy (non-hydrogen) atoms. The van der Waals surface area contributed by atoms with Gasteiger partial charge in [0, 0.05) is 33.2 Å². The summed E-state index contributed by atoms with van der Waals surface area (Å²) in [7, 11) is 1.76. The molecule has 0 N–H and O–H groups in total. The van der Waals surface area contributed by atoms with E-state index in [0.29, 0.717) is 0 Å². The van der Waals surface area contributed by atoms with Crippen molar-refractivity contribution in [1.29, 1.82) is 0 Å². The summed E-state index contributed by atoms with van der Waals surface area (Å²) in [6.45, 7) is 3.69. The van der Waals surface area contributed by atoms with Crippen LogP contribution in [-0.4, -0.2) is 43.4 Å². The Labute approximate surface area is 119 Å². The summed E-state index contributed by atoms with van der Waals surface area (Å²) in [5, 5.41) is 0. The van der Waals surface area contributed by atoms with E-state index in [1.807, 2.05) is 12.1 Å². The molecule has 0 saturated carbocycles. The fraction of sp³-hybridized carbons (Fsp3) is 0.625. The lowest BCUT2D eigenvalue weighted by Crippen LogP contribution is -2.43. The first-order chi connectivity index (χ1) is 9.69. The van der Waals surface area contributed by atoms with Gasteiger partial charge in [-0.15, -0.1) is 0 Å². The van der Waals surface area contributed by atoms with Gasteiger partial charge in [-0.25, -0.2) is 4.39 Å². The number of piperidine rings is 1. The average Bonchev–Trinajstić information content (AvgIpc) is 2.87. The molecule has 0 radical (unpaired) electrons. The molecule has 0 bridgehead atoms. The van der Waals surface area contributed by atoms with E-state index in [0.717, 1.165) is 45.5 Å². The van der Waals surface area contributed by atoms with Crippen molar-refractivity contribution in [3.05, 3.63) is 35.6 Å². The molecule has 2 fully saturated rings. The molecule has 2 aliphatic rings. The average molecular weight is 279 g/mol. The van der Waals surface area contributed by atoms with Gasteiger partial charge >= 0.3 is 0 Å². The second-order valence-corrected chi connectivity index (χ2v) is 5.96. The zero-order valence-corrected chi connectivity index (χ0v) is 12.0. The molecule has 110 valence electrons. The lowest BCUT2D eigenvalue weighted by atomic mass is 9.88. The second kappa shape index (κ2) is 5.80. The van der Waals surface area contributed by atoms with Gasteiger partial charge in [0.1, 0.15) is 5.82 Å². The van der Waals surface area contributed by atoms with Crippen molar-refractivity contribution in [1.82, 2.24) is 4.90 Å². The van der Waals surface area contributed by atoms with Crippen LogP contribution in [0.1, 0.15) is 24.8 Å². The van der Waals surface area contributed by atoms with Gasteiger partial charge in [-0.3, -0.25) is 4.90 Å². The van der Waals surface area contributed by atoms with Crippen LogP contribution >= 0.6 is 0 Å².